The van der Waals surface area contributed by atoms with E-state index in [0.29, 0.717) is 5.56 Å². The Balaban J connectivity index is 2.07. The fourth-order valence-electron chi connectivity index (χ4n) is 1.62. The lowest BCUT2D eigenvalue weighted by molar-refractivity contribution is 0.112. The molecule has 0 bridgehead atoms. The molecule has 0 unspecified atom stereocenters. The summed E-state index contributed by atoms with van der Waals surface area (Å²) in [6, 6.07) is 0. The normalized spacial score (nSPS) is 10.5. The summed E-state index contributed by atoms with van der Waals surface area (Å²) in [5, 5.41) is 4.11. The molecule has 1 rings (SSSR count). The minimum Gasteiger partial charge on any atom is -0.298 e. The van der Waals surface area contributed by atoms with Gasteiger partial charge in [0, 0.05) is 12.7 Å². The van der Waals surface area contributed by atoms with Crippen molar-refractivity contribution in [2.24, 2.45) is 0 Å². The first-order valence-corrected chi connectivity index (χ1v) is 5.84. The van der Waals surface area contributed by atoms with E-state index < -0.39 is 0 Å². The summed E-state index contributed by atoms with van der Waals surface area (Å²) in [4.78, 5) is 10.4. The van der Waals surface area contributed by atoms with E-state index in [4.69, 9.17) is 0 Å². The Kier molecular flexibility index (Phi) is 5.74. The molecule has 0 saturated heterocycles. The lowest BCUT2D eigenvalue weighted by Gasteiger charge is -2.01. The van der Waals surface area contributed by atoms with Crippen LogP contribution in [0, 0.1) is 0 Å². The third-order valence-electron chi connectivity index (χ3n) is 2.53. The van der Waals surface area contributed by atoms with E-state index in [1.54, 1.807) is 12.4 Å². The maximum Gasteiger partial charge on any atom is 0.153 e. The molecule has 1 heterocycles. The van der Waals surface area contributed by atoms with Crippen molar-refractivity contribution in [3.8, 4) is 0 Å². The lowest BCUT2D eigenvalue weighted by Crippen LogP contribution is -1.97. The SMILES string of the molecule is CCCCCCCCn1cc(C=O)cn1. The summed E-state index contributed by atoms with van der Waals surface area (Å²) in [5.41, 5.74) is 0.668. The van der Waals surface area contributed by atoms with Crippen LogP contribution in [0.15, 0.2) is 12.4 Å². The molecule has 0 spiro atoms. The minimum atomic E-state index is 0.668. The Bertz CT molecular complexity index is 281. The molecule has 15 heavy (non-hydrogen) atoms. The van der Waals surface area contributed by atoms with Crippen molar-refractivity contribution in [3.63, 3.8) is 0 Å². The third-order valence-corrected chi connectivity index (χ3v) is 2.53. The van der Waals surface area contributed by atoms with Crippen LogP contribution in [0.3, 0.4) is 0 Å². The Morgan fingerprint density at radius 3 is 2.67 bits per heavy atom. The van der Waals surface area contributed by atoms with Crippen molar-refractivity contribution >= 4 is 6.29 Å². The number of rotatable bonds is 8. The lowest BCUT2D eigenvalue weighted by atomic mass is 10.1. The smallest absolute Gasteiger partial charge is 0.153 e. The molecule has 0 fully saturated rings. The van der Waals surface area contributed by atoms with Crippen molar-refractivity contribution in [2.75, 3.05) is 0 Å². The second-order valence-electron chi connectivity index (χ2n) is 3.92. The van der Waals surface area contributed by atoms with Crippen LogP contribution in [-0.4, -0.2) is 16.1 Å². The summed E-state index contributed by atoms with van der Waals surface area (Å²) in [6.07, 6.45) is 12.0. The number of hydrogen-bond acceptors (Lipinski definition) is 2. The second kappa shape index (κ2) is 7.21. The van der Waals surface area contributed by atoms with E-state index in [1.807, 2.05) is 4.68 Å². The quantitative estimate of drug-likeness (QED) is 0.486. The van der Waals surface area contributed by atoms with E-state index in [0.717, 1.165) is 19.3 Å². The molecule has 1 aromatic heterocycles. The van der Waals surface area contributed by atoms with Gasteiger partial charge in [0.25, 0.3) is 0 Å². The Morgan fingerprint density at radius 1 is 1.27 bits per heavy atom. The van der Waals surface area contributed by atoms with E-state index >= 15 is 0 Å². The number of carbonyl (C=O) groups is 1. The van der Waals surface area contributed by atoms with Crippen LogP contribution in [0.2, 0.25) is 0 Å². The first kappa shape index (κ1) is 12.0. The number of aromatic nitrogens is 2. The first-order chi connectivity index (χ1) is 7.36. The molecule has 0 radical (unpaired) electrons. The van der Waals surface area contributed by atoms with Crippen LogP contribution in [-0.2, 0) is 6.54 Å². The monoisotopic (exact) mass is 208 g/mol. The standard InChI is InChI=1S/C12H20N2O/c1-2-3-4-5-6-7-8-14-10-12(11-15)9-13-14/h9-11H,2-8H2,1H3. The average molecular weight is 208 g/mol. The molecule has 1 aromatic rings. The first-order valence-electron chi connectivity index (χ1n) is 5.84. The molecule has 3 heteroatoms. The van der Waals surface area contributed by atoms with Crippen molar-refractivity contribution in [2.45, 2.75) is 52.0 Å². The van der Waals surface area contributed by atoms with Crippen LogP contribution in [0.5, 0.6) is 0 Å². The molecule has 0 amide bonds. The van der Waals surface area contributed by atoms with Gasteiger partial charge in [-0.1, -0.05) is 39.0 Å². The number of aryl methyl sites for hydroxylation is 1. The fraction of sp³-hybridized carbons (Fsp3) is 0.667. The van der Waals surface area contributed by atoms with Gasteiger partial charge in [0.05, 0.1) is 11.8 Å². The highest BCUT2D eigenvalue weighted by Crippen LogP contribution is 2.06. The minimum absolute atomic E-state index is 0.668. The number of hydrogen-bond donors (Lipinski definition) is 0. The van der Waals surface area contributed by atoms with Crippen molar-refractivity contribution < 1.29 is 4.79 Å². The summed E-state index contributed by atoms with van der Waals surface area (Å²) in [6.45, 7) is 3.16. The Morgan fingerprint density at radius 2 is 2.00 bits per heavy atom. The topological polar surface area (TPSA) is 34.9 Å². The molecule has 0 aliphatic rings. The van der Waals surface area contributed by atoms with Gasteiger partial charge in [-0.2, -0.15) is 5.10 Å². The van der Waals surface area contributed by atoms with Crippen LogP contribution in [0.4, 0.5) is 0 Å². The predicted molar refractivity (Wildman–Crippen MR) is 61.0 cm³/mol. The van der Waals surface area contributed by atoms with Crippen LogP contribution < -0.4 is 0 Å². The van der Waals surface area contributed by atoms with Gasteiger partial charge in [0.15, 0.2) is 6.29 Å². The predicted octanol–water partition coefficient (Wildman–Crippen LogP) is 3.06. The summed E-state index contributed by atoms with van der Waals surface area (Å²) in [5.74, 6) is 0. The number of carbonyl (C=O) groups excluding carboxylic acids is 1. The van der Waals surface area contributed by atoms with Gasteiger partial charge in [0.1, 0.15) is 0 Å². The van der Waals surface area contributed by atoms with E-state index in [1.165, 1.54) is 32.1 Å². The Hall–Kier alpha value is -1.12. The van der Waals surface area contributed by atoms with Gasteiger partial charge in [-0.25, -0.2) is 0 Å². The summed E-state index contributed by atoms with van der Waals surface area (Å²) >= 11 is 0. The van der Waals surface area contributed by atoms with Gasteiger partial charge in [-0.05, 0) is 6.42 Å². The van der Waals surface area contributed by atoms with Gasteiger partial charge in [0.2, 0.25) is 0 Å². The highest BCUT2D eigenvalue weighted by Gasteiger charge is 1.96. The largest absolute Gasteiger partial charge is 0.298 e. The average Bonchev–Trinajstić information content (AvgIpc) is 2.71. The molecular formula is C12H20N2O. The molecule has 0 aromatic carbocycles. The number of unbranched alkanes of at least 4 members (excludes halogenated alkanes) is 5. The van der Waals surface area contributed by atoms with Crippen LogP contribution in [0.25, 0.3) is 0 Å². The molecule has 84 valence electrons. The molecular weight excluding hydrogens is 188 g/mol. The summed E-state index contributed by atoms with van der Waals surface area (Å²) < 4.78 is 1.85. The molecule has 0 N–H and O–H groups in total. The molecule has 0 aliphatic heterocycles. The van der Waals surface area contributed by atoms with E-state index in [9.17, 15) is 4.79 Å². The van der Waals surface area contributed by atoms with Gasteiger partial charge >= 0.3 is 0 Å². The number of aldehydes is 1. The summed E-state index contributed by atoms with van der Waals surface area (Å²) in [7, 11) is 0. The third kappa shape index (κ3) is 4.77. The van der Waals surface area contributed by atoms with Gasteiger partial charge in [-0.15, -0.1) is 0 Å². The number of nitrogens with zero attached hydrogens (tertiary/aromatic N) is 2. The Labute approximate surface area is 91.5 Å². The fourth-order valence-corrected chi connectivity index (χ4v) is 1.62. The van der Waals surface area contributed by atoms with Crippen molar-refractivity contribution in [1.29, 1.82) is 0 Å². The van der Waals surface area contributed by atoms with Gasteiger partial charge < -0.3 is 0 Å². The molecule has 0 saturated carbocycles. The van der Waals surface area contributed by atoms with Crippen molar-refractivity contribution in [3.05, 3.63) is 18.0 Å². The van der Waals surface area contributed by atoms with E-state index in [-0.39, 0.29) is 0 Å². The maximum atomic E-state index is 10.4. The van der Waals surface area contributed by atoms with Crippen LogP contribution >= 0.6 is 0 Å². The van der Waals surface area contributed by atoms with Crippen LogP contribution in [0.1, 0.15) is 55.8 Å². The molecule has 0 aliphatic carbocycles. The van der Waals surface area contributed by atoms with E-state index in [2.05, 4.69) is 12.0 Å². The molecule has 3 nitrogen and oxygen atoms in total. The zero-order valence-corrected chi connectivity index (χ0v) is 9.48. The zero-order valence-electron chi connectivity index (χ0n) is 9.48. The second-order valence-corrected chi connectivity index (χ2v) is 3.92. The maximum absolute atomic E-state index is 10.4. The zero-order chi connectivity index (χ0) is 10.9. The van der Waals surface area contributed by atoms with Crippen molar-refractivity contribution in [1.82, 2.24) is 9.78 Å². The highest BCUT2D eigenvalue weighted by atomic mass is 16.1. The highest BCUT2D eigenvalue weighted by molar-refractivity contribution is 5.73. The molecule has 0 atom stereocenters. The van der Waals surface area contributed by atoms with Gasteiger partial charge in [-0.3, -0.25) is 9.48 Å².